The zero-order chi connectivity index (χ0) is 17.8. The van der Waals surface area contributed by atoms with Gasteiger partial charge in [-0.05, 0) is 0 Å². The quantitative estimate of drug-likeness (QED) is 0.434. The maximum absolute atomic E-state index is 12.2. The first-order valence-electron chi connectivity index (χ1n) is 7.08. The van der Waals surface area contributed by atoms with E-state index in [1.807, 2.05) is 0 Å². The van der Waals surface area contributed by atoms with Crippen LogP contribution in [-0.2, 0) is 4.79 Å². The van der Waals surface area contributed by atoms with Crippen molar-refractivity contribution in [1.82, 2.24) is 24.9 Å². The van der Waals surface area contributed by atoms with Gasteiger partial charge in [0.1, 0.15) is 16.4 Å². The molecule has 0 radical (unpaired) electrons. The number of H-pyrrole nitrogens is 1. The van der Waals surface area contributed by atoms with Crippen LogP contribution in [0, 0.1) is 0 Å². The lowest BCUT2D eigenvalue weighted by molar-refractivity contribution is -0.113. The van der Waals surface area contributed by atoms with Crippen molar-refractivity contribution in [2.24, 2.45) is 0 Å². The van der Waals surface area contributed by atoms with Gasteiger partial charge in [-0.15, -0.1) is 0 Å². The van der Waals surface area contributed by atoms with Crippen molar-refractivity contribution in [3.05, 3.63) is 18.6 Å². The average molecular weight is 361 g/mol. The lowest BCUT2D eigenvalue weighted by Crippen LogP contribution is -2.15. The Balaban J connectivity index is 1.67. The summed E-state index contributed by atoms with van der Waals surface area (Å²) < 4.78 is 10.3. The number of carbonyl (C=O) groups is 1. The average Bonchev–Trinajstić information content (AvgIpc) is 3.07. The van der Waals surface area contributed by atoms with Gasteiger partial charge in [-0.3, -0.25) is 4.79 Å². The van der Waals surface area contributed by atoms with Crippen LogP contribution in [0.25, 0.3) is 11.2 Å². The molecule has 11 heteroatoms. The second-order valence-corrected chi connectivity index (χ2v) is 5.71. The van der Waals surface area contributed by atoms with E-state index in [1.165, 1.54) is 38.5 Å². The van der Waals surface area contributed by atoms with Gasteiger partial charge >= 0.3 is 0 Å². The van der Waals surface area contributed by atoms with Crippen LogP contribution >= 0.6 is 11.8 Å². The van der Waals surface area contributed by atoms with Crippen molar-refractivity contribution >= 4 is 40.6 Å². The minimum atomic E-state index is -0.255. The zero-order valence-electron chi connectivity index (χ0n) is 13.4. The number of methoxy groups -OCH3 is 2. The number of nitrogens with two attached hydrogens (primary N) is 1. The summed E-state index contributed by atoms with van der Waals surface area (Å²) in [5.41, 5.74) is 6.74. The fraction of sp³-hybridized carbons (Fsp3) is 0.214. The number of nitrogen functional groups attached to an aromatic ring is 1. The maximum atomic E-state index is 12.2. The Kier molecular flexibility index (Phi) is 4.84. The number of fused-ring (bicyclic) bond motifs is 1. The molecule has 0 spiro atoms. The predicted molar refractivity (Wildman–Crippen MR) is 92.8 cm³/mol. The van der Waals surface area contributed by atoms with E-state index in [1.54, 1.807) is 6.07 Å². The van der Waals surface area contributed by atoms with Gasteiger partial charge in [0, 0.05) is 6.07 Å². The van der Waals surface area contributed by atoms with E-state index >= 15 is 0 Å². The first kappa shape index (κ1) is 16.8. The van der Waals surface area contributed by atoms with Crippen molar-refractivity contribution < 1.29 is 14.3 Å². The van der Waals surface area contributed by atoms with E-state index in [4.69, 9.17) is 15.2 Å². The highest BCUT2D eigenvalue weighted by molar-refractivity contribution is 8.00. The molecule has 0 atom stereocenters. The number of imidazole rings is 1. The van der Waals surface area contributed by atoms with Crippen molar-refractivity contribution in [3.8, 4) is 11.5 Å². The molecule has 0 aliphatic heterocycles. The van der Waals surface area contributed by atoms with Crippen LogP contribution in [0.5, 0.6) is 11.5 Å². The minimum absolute atomic E-state index is 0.101. The van der Waals surface area contributed by atoms with Gasteiger partial charge in [0.25, 0.3) is 0 Å². The Labute approximate surface area is 146 Å². The number of aromatic nitrogens is 5. The molecule has 4 N–H and O–H groups in total. The molecule has 3 aromatic heterocycles. The zero-order valence-corrected chi connectivity index (χ0v) is 14.3. The van der Waals surface area contributed by atoms with Crippen LogP contribution in [0.15, 0.2) is 23.6 Å². The van der Waals surface area contributed by atoms with Crippen LogP contribution in [0.4, 0.5) is 11.8 Å². The summed E-state index contributed by atoms with van der Waals surface area (Å²) in [6, 6.07) is 1.58. The van der Waals surface area contributed by atoms with E-state index in [-0.39, 0.29) is 17.6 Å². The molecule has 0 aliphatic carbocycles. The predicted octanol–water partition coefficient (Wildman–Crippen LogP) is 1.08. The molecule has 1 amide bonds. The van der Waals surface area contributed by atoms with Crippen molar-refractivity contribution in [2.45, 2.75) is 5.03 Å². The second kappa shape index (κ2) is 7.21. The number of hydrogen-bond acceptors (Lipinski definition) is 9. The molecule has 0 unspecified atom stereocenters. The normalized spacial score (nSPS) is 10.6. The van der Waals surface area contributed by atoms with E-state index in [0.717, 1.165) is 0 Å². The SMILES string of the molecule is COc1cnc(NC(=O)CSc2nc(N)nc3nc[nH]c23)cc1OC. The number of carbonyl (C=O) groups excluding carboxylic acids is 1. The number of hydrogen-bond donors (Lipinski definition) is 3. The molecule has 0 fully saturated rings. The molecule has 0 aromatic carbocycles. The molecule has 0 saturated heterocycles. The van der Waals surface area contributed by atoms with E-state index in [0.29, 0.717) is 33.5 Å². The van der Waals surface area contributed by atoms with Crippen LogP contribution in [0.1, 0.15) is 0 Å². The van der Waals surface area contributed by atoms with Crippen LogP contribution in [0.2, 0.25) is 0 Å². The Morgan fingerprint density at radius 3 is 2.84 bits per heavy atom. The number of nitrogens with zero attached hydrogens (tertiary/aromatic N) is 4. The number of rotatable bonds is 6. The van der Waals surface area contributed by atoms with Gasteiger partial charge < -0.3 is 25.5 Å². The second-order valence-electron chi connectivity index (χ2n) is 4.75. The van der Waals surface area contributed by atoms with Crippen LogP contribution in [0.3, 0.4) is 0 Å². The third-order valence-electron chi connectivity index (χ3n) is 3.15. The molecule has 0 aliphatic rings. The topological polar surface area (TPSA) is 141 Å². The Bertz CT molecular complexity index is 915. The smallest absolute Gasteiger partial charge is 0.235 e. The monoisotopic (exact) mass is 361 g/mol. The van der Waals surface area contributed by atoms with Crippen molar-refractivity contribution in [3.63, 3.8) is 0 Å². The number of pyridine rings is 1. The third-order valence-corrected chi connectivity index (χ3v) is 4.12. The van der Waals surface area contributed by atoms with Crippen molar-refractivity contribution in [2.75, 3.05) is 31.0 Å². The number of ether oxygens (including phenoxy) is 2. The molecule has 0 saturated carbocycles. The maximum Gasteiger partial charge on any atom is 0.235 e. The number of amides is 1. The number of anilines is 2. The van der Waals surface area contributed by atoms with E-state index < -0.39 is 0 Å². The lowest BCUT2D eigenvalue weighted by atomic mass is 10.4. The summed E-state index contributed by atoms with van der Waals surface area (Å²) in [7, 11) is 3.02. The summed E-state index contributed by atoms with van der Waals surface area (Å²) in [4.78, 5) is 31.3. The molecule has 0 bridgehead atoms. The summed E-state index contributed by atoms with van der Waals surface area (Å²) >= 11 is 1.22. The Morgan fingerprint density at radius 2 is 2.08 bits per heavy atom. The number of aromatic amines is 1. The fourth-order valence-corrected chi connectivity index (χ4v) is 2.84. The highest BCUT2D eigenvalue weighted by Gasteiger charge is 2.13. The van der Waals surface area contributed by atoms with Gasteiger partial charge in [0.05, 0.1) is 32.5 Å². The molecular weight excluding hydrogens is 346 g/mol. The number of nitrogens with one attached hydrogen (secondary N) is 2. The van der Waals surface area contributed by atoms with Crippen molar-refractivity contribution in [1.29, 1.82) is 0 Å². The third kappa shape index (κ3) is 3.71. The molecule has 3 rings (SSSR count). The van der Waals surface area contributed by atoms with Gasteiger partial charge in [-0.2, -0.15) is 4.98 Å². The Hall–Kier alpha value is -3.08. The summed E-state index contributed by atoms with van der Waals surface area (Å²) in [6.45, 7) is 0. The molecular formula is C14H15N7O3S. The largest absolute Gasteiger partial charge is 0.493 e. The highest BCUT2D eigenvalue weighted by Crippen LogP contribution is 2.28. The molecule has 10 nitrogen and oxygen atoms in total. The molecule has 3 aromatic rings. The number of thioether (sulfide) groups is 1. The van der Waals surface area contributed by atoms with Gasteiger partial charge in [0.15, 0.2) is 17.1 Å². The summed E-state index contributed by atoms with van der Waals surface area (Å²) in [5.74, 6) is 1.27. The van der Waals surface area contributed by atoms with Gasteiger partial charge in [0.2, 0.25) is 11.9 Å². The van der Waals surface area contributed by atoms with Gasteiger partial charge in [-0.1, -0.05) is 11.8 Å². The molecule has 3 heterocycles. The van der Waals surface area contributed by atoms with Crippen LogP contribution in [-0.4, -0.2) is 50.8 Å². The standard InChI is InChI=1S/C14H15N7O3S/c1-23-7-3-9(16-4-8(7)24-2)19-10(22)5-25-13-11-12(18-6-17-11)20-14(15)21-13/h3-4,6H,5H2,1-2H3,(H,16,19,22)(H3,15,17,18,20,21). The molecule has 25 heavy (non-hydrogen) atoms. The highest BCUT2D eigenvalue weighted by atomic mass is 32.2. The first-order chi connectivity index (χ1) is 12.1. The first-order valence-corrected chi connectivity index (χ1v) is 8.06. The lowest BCUT2D eigenvalue weighted by Gasteiger charge is -2.09. The molecule has 130 valence electrons. The van der Waals surface area contributed by atoms with E-state index in [2.05, 4.69) is 30.2 Å². The summed E-state index contributed by atoms with van der Waals surface area (Å²) in [5, 5.41) is 3.24. The minimum Gasteiger partial charge on any atom is -0.493 e. The summed E-state index contributed by atoms with van der Waals surface area (Å²) in [6.07, 6.45) is 2.97. The van der Waals surface area contributed by atoms with Crippen LogP contribution < -0.4 is 20.5 Å². The van der Waals surface area contributed by atoms with E-state index in [9.17, 15) is 4.79 Å². The van der Waals surface area contributed by atoms with Gasteiger partial charge in [-0.25, -0.2) is 15.0 Å². The fourth-order valence-electron chi connectivity index (χ4n) is 2.05. The Morgan fingerprint density at radius 1 is 1.28 bits per heavy atom.